The first kappa shape index (κ1) is 22.6. The van der Waals surface area contributed by atoms with Gasteiger partial charge in [0.15, 0.2) is 0 Å². The SMILES string of the molecule is COc1ccccc1N1CCN(C(=O)C(=O)NCCc2ccc(S(N)(=O)=O)cc2)CC1. The van der Waals surface area contributed by atoms with E-state index in [0.717, 1.165) is 17.0 Å². The molecule has 2 aromatic carbocycles. The lowest BCUT2D eigenvalue weighted by molar-refractivity contribution is -0.146. The summed E-state index contributed by atoms with van der Waals surface area (Å²) in [7, 11) is -2.11. The number of para-hydroxylation sites is 2. The van der Waals surface area contributed by atoms with E-state index in [2.05, 4.69) is 10.2 Å². The van der Waals surface area contributed by atoms with E-state index < -0.39 is 21.8 Å². The van der Waals surface area contributed by atoms with Crippen LogP contribution in [0.3, 0.4) is 0 Å². The zero-order valence-corrected chi connectivity index (χ0v) is 18.1. The van der Waals surface area contributed by atoms with Crippen LogP contribution in [0, 0.1) is 0 Å². The third-order valence-electron chi connectivity index (χ3n) is 5.14. The first-order chi connectivity index (χ1) is 14.8. The normalized spacial score (nSPS) is 14.3. The number of anilines is 1. The molecule has 31 heavy (non-hydrogen) atoms. The maximum atomic E-state index is 12.5. The summed E-state index contributed by atoms with van der Waals surface area (Å²) in [6.45, 7) is 2.37. The van der Waals surface area contributed by atoms with Gasteiger partial charge in [-0.05, 0) is 36.2 Å². The maximum Gasteiger partial charge on any atom is 0.312 e. The second-order valence-corrected chi connectivity index (χ2v) is 8.71. The Bertz CT molecular complexity index is 1030. The zero-order valence-electron chi connectivity index (χ0n) is 17.3. The first-order valence-corrected chi connectivity index (χ1v) is 11.4. The van der Waals surface area contributed by atoms with Gasteiger partial charge in [0.05, 0.1) is 17.7 Å². The highest BCUT2D eigenvalue weighted by molar-refractivity contribution is 7.89. The summed E-state index contributed by atoms with van der Waals surface area (Å²) >= 11 is 0. The number of rotatable bonds is 6. The smallest absolute Gasteiger partial charge is 0.312 e. The van der Waals surface area contributed by atoms with Gasteiger partial charge in [-0.3, -0.25) is 9.59 Å². The summed E-state index contributed by atoms with van der Waals surface area (Å²) < 4.78 is 27.9. The Morgan fingerprint density at radius 3 is 2.29 bits per heavy atom. The Kier molecular flexibility index (Phi) is 7.13. The van der Waals surface area contributed by atoms with Gasteiger partial charge in [-0.25, -0.2) is 13.6 Å². The van der Waals surface area contributed by atoms with Crippen molar-refractivity contribution in [1.82, 2.24) is 10.2 Å². The Labute approximate surface area is 181 Å². The number of nitrogens with one attached hydrogen (secondary N) is 1. The second kappa shape index (κ2) is 9.80. The molecular weight excluding hydrogens is 420 g/mol. The van der Waals surface area contributed by atoms with E-state index in [9.17, 15) is 18.0 Å². The Morgan fingerprint density at radius 1 is 1.03 bits per heavy atom. The molecule has 10 heteroatoms. The van der Waals surface area contributed by atoms with Gasteiger partial charge in [0.2, 0.25) is 10.0 Å². The highest BCUT2D eigenvalue weighted by atomic mass is 32.2. The average Bonchev–Trinajstić information content (AvgIpc) is 2.78. The van der Waals surface area contributed by atoms with Crippen molar-refractivity contribution >= 4 is 27.5 Å². The number of methoxy groups -OCH3 is 1. The van der Waals surface area contributed by atoms with E-state index >= 15 is 0 Å². The van der Waals surface area contributed by atoms with Crippen LogP contribution in [-0.4, -0.2) is 65.0 Å². The molecule has 0 aromatic heterocycles. The van der Waals surface area contributed by atoms with Crippen molar-refractivity contribution in [1.29, 1.82) is 0 Å². The van der Waals surface area contributed by atoms with E-state index in [1.54, 1.807) is 24.1 Å². The molecule has 0 spiro atoms. The van der Waals surface area contributed by atoms with Gasteiger partial charge < -0.3 is 19.9 Å². The largest absolute Gasteiger partial charge is 0.495 e. The fourth-order valence-electron chi connectivity index (χ4n) is 3.43. The van der Waals surface area contributed by atoms with Crippen molar-refractivity contribution in [2.75, 3.05) is 44.7 Å². The number of nitrogens with two attached hydrogens (primary N) is 1. The summed E-state index contributed by atoms with van der Waals surface area (Å²) in [6, 6.07) is 13.8. The summed E-state index contributed by atoms with van der Waals surface area (Å²) in [4.78, 5) is 28.4. The minimum Gasteiger partial charge on any atom is -0.495 e. The summed E-state index contributed by atoms with van der Waals surface area (Å²) in [5.74, 6) is -0.423. The van der Waals surface area contributed by atoms with Crippen LogP contribution >= 0.6 is 0 Å². The Hall–Kier alpha value is -3.11. The molecule has 9 nitrogen and oxygen atoms in total. The fourth-order valence-corrected chi connectivity index (χ4v) is 3.94. The molecule has 0 radical (unpaired) electrons. The summed E-state index contributed by atoms with van der Waals surface area (Å²) in [5, 5.41) is 7.70. The number of piperazine rings is 1. The van der Waals surface area contributed by atoms with Crippen LogP contribution < -0.4 is 20.1 Å². The number of carbonyl (C=O) groups is 2. The van der Waals surface area contributed by atoms with Crippen LogP contribution in [0.4, 0.5) is 5.69 Å². The lowest BCUT2D eigenvalue weighted by Crippen LogP contribution is -2.52. The van der Waals surface area contributed by atoms with Gasteiger partial charge in [-0.2, -0.15) is 0 Å². The molecule has 0 aliphatic carbocycles. The van der Waals surface area contributed by atoms with Crippen molar-refractivity contribution in [2.45, 2.75) is 11.3 Å². The molecule has 1 saturated heterocycles. The molecule has 1 aliphatic rings. The summed E-state index contributed by atoms with van der Waals surface area (Å²) in [5.41, 5.74) is 1.79. The van der Waals surface area contributed by atoms with Crippen molar-refractivity contribution in [3.63, 3.8) is 0 Å². The maximum absolute atomic E-state index is 12.5. The van der Waals surface area contributed by atoms with Gasteiger partial charge in [0.1, 0.15) is 5.75 Å². The van der Waals surface area contributed by atoms with Crippen molar-refractivity contribution in [3.8, 4) is 5.75 Å². The topological polar surface area (TPSA) is 122 Å². The zero-order chi connectivity index (χ0) is 22.4. The van der Waals surface area contributed by atoms with Crippen LogP contribution in [0.25, 0.3) is 0 Å². The van der Waals surface area contributed by atoms with E-state index in [4.69, 9.17) is 9.88 Å². The number of carbonyl (C=O) groups excluding carboxylic acids is 2. The molecular formula is C21H26N4O5S. The molecule has 1 fully saturated rings. The molecule has 2 amide bonds. The van der Waals surface area contributed by atoms with E-state index in [0.29, 0.717) is 32.6 Å². The van der Waals surface area contributed by atoms with Crippen molar-refractivity contribution in [3.05, 3.63) is 54.1 Å². The highest BCUT2D eigenvalue weighted by Crippen LogP contribution is 2.28. The molecule has 0 unspecified atom stereocenters. The average molecular weight is 447 g/mol. The number of benzene rings is 2. The lowest BCUT2D eigenvalue weighted by Gasteiger charge is -2.36. The number of sulfonamides is 1. The van der Waals surface area contributed by atoms with Crippen molar-refractivity contribution < 1.29 is 22.7 Å². The molecule has 1 aliphatic heterocycles. The molecule has 1 heterocycles. The van der Waals surface area contributed by atoms with E-state index in [1.807, 2.05) is 24.3 Å². The first-order valence-electron chi connectivity index (χ1n) is 9.86. The predicted molar refractivity (Wildman–Crippen MR) is 116 cm³/mol. The molecule has 0 saturated carbocycles. The minimum atomic E-state index is -3.73. The lowest BCUT2D eigenvalue weighted by atomic mass is 10.1. The Balaban J connectivity index is 1.46. The van der Waals surface area contributed by atoms with Crippen LogP contribution in [0.1, 0.15) is 5.56 Å². The van der Waals surface area contributed by atoms with Crippen LogP contribution in [-0.2, 0) is 26.0 Å². The molecule has 3 rings (SSSR count). The summed E-state index contributed by atoms with van der Waals surface area (Å²) in [6.07, 6.45) is 0.464. The van der Waals surface area contributed by atoms with E-state index in [1.165, 1.54) is 12.1 Å². The van der Waals surface area contributed by atoms with Gasteiger partial charge in [-0.15, -0.1) is 0 Å². The van der Waals surface area contributed by atoms with Gasteiger partial charge in [-0.1, -0.05) is 24.3 Å². The van der Waals surface area contributed by atoms with Crippen LogP contribution in [0.2, 0.25) is 0 Å². The van der Waals surface area contributed by atoms with E-state index in [-0.39, 0.29) is 11.4 Å². The van der Waals surface area contributed by atoms with Crippen molar-refractivity contribution in [2.24, 2.45) is 5.14 Å². The van der Waals surface area contributed by atoms with Gasteiger partial charge in [0, 0.05) is 32.7 Å². The standard InChI is InChI=1S/C21H26N4O5S/c1-30-19-5-3-2-4-18(19)24-12-14-25(15-13-24)21(27)20(26)23-11-10-16-6-8-17(9-7-16)31(22,28)29/h2-9H,10-15H2,1H3,(H,23,26)(H2,22,28,29). The fraction of sp³-hybridized carbons (Fsp3) is 0.333. The third kappa shape index (κ3) is 5.74. The molecule has 0 atom stereocenters. The van der Waals surface area contributed by atoms with Gasteiger partial charge >= 0.3 is 11.8 Å². The second-order valence-electron chi connectivity index (χ2n) is 7.15. The van der Waals surface area contributed by atoms with Crippen LogP contribution in [0.15, 0.2) is 53.4 Å². The number of ether oxygens (including phenoxy) is 1. The number of nitrogens with zero attached hydrogens (tertiary/aromatic N) is 2. The Morgan fingerprint density at radius 2 is 1.68 bits per heavy atom. The quantitative estimate of drug-likeness (QED) is 0.618. The molecule has 0 bridgehead atoms. The molecule has 2 aromatic rings. The number of primary sulfonamides is 1. The number of hydrogen-bond donors (Lipinski definition) is 2. The predicted octanol–water partition coefficient (Wildman–Crippen LogP) is 0.350. The minimum absolute atomic E-state index is 0.0303. The monoisotopic (exact) mass is 446 g/mol. The number of amides is 2. The third-order valence-corrected chi connectivity index (χ3v) is 6.07. The highest BCUT2D eigenvalue weighted by Gasteiger charge is 2.26. The number of hydrogen-bond acceptors (Lipinski definition) is 6. The molecule has 166 valence electrons. The van der Waals surface area contributed by atoms with Gasteiger partial charge in [0.25, 0.3) is 0 Å². The van der Waals surface area contributed by atoms with Crippen LogP contribution in [0.5, 0.6) is 5.75 Å². The molecule has 3 N–H and O–H groups in total.